The summed E-state index contributed by atoms with van der Waals surface area (Å²) in [5.74, 6) is -0.998. The van der Waals surface area contributed by atoms with Crippen LogP contribution in [-0.2, 0) is 34.1 Å². The lowest BCUT2D eigenvalue weighted by Gasteiger charge is -2.20. The van der Waals surface area contributed by atoms with Crippen molar-refractivity contribution in [1.29, 1.82) is 0 Å². The van der Waals surface area contributed by atoms with Crippen molar-refractivity contribution in [3.8, 4) is 11.1 Å². The first-order chi connectivity index (χ1) is 17.4. The van der Waals surface area contributed by atoms with Gasteiger partial charge in [0.25, 0.3) is 10.0 Å². The van der Waals surface area contributed by atoms with Gasteiger partial charge in [-0.25, -0.2) is 22.7 Å². The molecule has 0 radical (unpaired) electrons. The maximum atomic E-state index is 13.0. The van der Waals surface area contributed by atoms with Gasteiger partial charge in [-0.2, -0.15) is 5.10 Å². The number of aromatic carboxylic acids is 1. The second-order valence-electron chi connectivity index (χ2n) is 9.63. The van der Waals surface area contributed by atoms with E-state index in [4.69, 9.17) is 4.74 Å². The van der Waals surface area contributed by atoms with Crippen LogP contribution in [0.1, 0.15) is 68.3 Å². The molecule has 198 valence electrons. The first-order valence-electron chi connectivity index (χ1n) is 12.1. The van der Waals surface area contributed by atoms with E-state index in [1.54, 1.807) is 55.8 Å². The van der Waals surface area contributed by atoms with Crippen LogP contribution < -0.4 is 4.72 Å². The minimum absolute atomic E-state index is 0.0598. The highest BCUT2D eigenvalue weighted by atomic mass is 32.2. The molecule has 0 atom stereocenters. The summed E-state index contributed by atoms with van der Waals surface area (Å²) in [6.45, 7) is 9.44. The Morgan fingerprint density at radius 1 is 1.05 bits per heavy atom. The van der Waals surface area contributed by atoms with Crippen LogP contribution >= 0.6 is 0 Å². The van der Waals surface area contributed by atoms with Crippen LogP contribution in [0, 0.1) is 0 Å². The third-order valence-corrected chi connectivity index (χ3v) is 6.91. The summed E-state index contributed by atoms with van der Waals surface area (Å²) >= 11 is 0. The van der Waals surface area contributed by atoms with E-state index in [0.29, 0.717) is 41.9 Å². The fourth-order valence-electron chi connectivity index (χ4n) is 4.02. The van der Waals surface area contributed by atoms with E-state index in [9.17, 15) is 23.1 Å². The molecule has 1 amide bonds. The number of carbonyl (C=O) groups excluding carboxylic acids is 1. The summed E-state index contributed by atoms with van der Waals surface area (Å²) in [5, 5.41) is 14.3. The minimum Gasteiger partial charge on any atom is -0.478 e. The van der Waals surface area contributed by atoms with Crippen molar-refractivity contribution in [2.75, 3.05) is 0 Å². The standard InChI is InChI=1S/C27H33N3O6S/c1-6-16-30-22(24(25(31)32)21(7-2)28-30)17-18-12-14-19(15-13-18)20-10-8-9-11-23(20)37(34,35)29-26(33)36-27(3,4)5/h8-15H,6-7,16-17H2,1-5H3,(H,29,33)(H,31,32). The lowest BCUT2D eigenvalue weighted by Crippen LogP contribution is -2.36. The number of carboxylic acids is 1. The van der Waals surface area contributed by atoms with Crippen LogP contribution in [0.2, 0.25) is 0 Å². The van der Waals surface area contributed by atoms with Crippen LogP contribution in [0.5, 0.6) is 0 Å². The Morgan fingerprint density at radius 2 is 1.70 bits per heavy atom. The zero-order valence-corrected chi connectivity index (χ0v) is 22.6. The number of nitrogens with one attached hydrogen (secondary N) is 1. The van der Waals surface area contributed by atoms with Crippen molar-refractivity contribution < 1.29 is 27.9 Å². The Bertz CT molecular complexity index is 1390. The average Bonchev–Trinajstić information content (AvgIpc) is 3.15. The molecule has 0 aliphatic rings. The van der Waals surface area contributed by atoms with Gasteiger partial charge in [0, 0.05) is 18.5 Å². The molecule has 0 aliphatic heterocycles. The molecule has 9 nitrogen and oxygen atoms in total. The first kappa shape index (κ1) is 27.9. The second-order valence-corrected chi connectivity index (χ2v) is 11.3. The lowest BCUT2D eigenvalue weighted by atomic mass is 10.00. The number of amides is 1. The number of aryl methyl sites for hydroxylation is 2. The monoisotopic (exact) mass is 527 g/mol. The van der Waals surface area contributed by atoms with Crippen molar-refractivity contribution in [3.05, 3.63) is 71.0 Å². The third-order valence-electron chi connectivity index (χ3n) is 5.54. The Labute approximate surface area is 217 Å². The van der Waals surface area contributed by atoms with Gasteiger partial charge in [0.1, 0.15) is 11.2 Å². The molecule has 0 saturated carbocycles. The van der Waals surface area contributed by atoms with Crippen molar-refractivity contribution in [1.82, 2.24) is 14.5 Å². The van der Waals surface area contributed by atoms with E-state index in [-0.39, 0.29) is 10.5 Å². The van der Waals surface area contributed by atoms with E-state index < -0.39 is 27.7 Å². The molecule has 3 aromatic rings. The molecular formula is C27H33N3O6S. The number of carboxylic acid groups (broad SMARTS) is 1. The predicted octanol–water partition coefficient (Wildman–Crippen LogP) is 5.02. The molecule has 0 unspecified atom stereocenters. The maximum Gasteiger partial charge on any atom is 0.421 e. The normalized spacial score (nSPS) is 11.8. The number of nitrogens with zero attached hydrogens (tertiary/aromatic N) is 2. The molecule has 37 heavy (non-hydrogen) atoms. The van der Waals surface area contributed by atoms with Gasteiger partial charge in [-0.15, -0.1) is 0 Å². The SMILES string of the molecule is CCCn1nc(CC)c(C(=O)O)c1Cc1ccc(-c2ccccc2S(=O)(=O)NC(=O)OC(C)(C)C)cc1. The van der Waals surface area contributed by atoms with Gasteiger partial charge < -0.3 is 9.84 Å². The van der Waals surface area contributed by atoms with Gasteiger partial charge >= 0.3 is 12.1 Å². The molecule has 1 heterocycles. The Morgan fingerprint density at radius 3 is 2.27 bits per heavy atom. The molecule has 2 aromatic carbocycles. The van der Waals surface area contributed by atoms with Gasteiger partial charge in [-0.3, -0.25) is 4.68 Å². The fraction of sp³-hybridized carbons (Fsp3) is 0.370. The number of hydrogen-bond donors (Lipinski definition) is 2. The van der Waals surface area contributed by atoms with Crippen LogP contribution in [-0.4, -0.2) is 41.0 Å². The van der Waals surface area contributed by atoms with Crippen molar-refractivity contribution in [2.45, 2.75) is 70.9 Å². The Kier molecular flexibility index (Phi) is 8.42. The summed E-state index contributed by atoms with van der Waals surface area (Å²) in [6, 6.07) is 13.6. The average molecular weight is 528 g/mol. The number of aromatic nitrogens is 2. The predicted molar refractivity (Wildman–Crippen MR) is 140 cm³/mol. The van der Waals surface area contributed by atoms with Crippen LogP contribution in [0.3, 0.4) is 0 Å². The van der Waals surface area contributed by atoms with E-state index in [1.165, 1.54) is 6.07 Å². The minimum atomic E-state index is -4.20. The smallest absolute Gasteiger partial charge is 0.421 e. The molecule has 0 saturated heterocycles. The van der Waals surface area contributed by atoms with Gasteiger partial charge in [-0.05, 0) is 50.8 Å². The topological polar surface area (TPSA) is 128 Å². The molecule has 0 spiro atoms. The molecule has 0 bridgehead atoms. The maximum absolute atomic E-state index is 13.0. The largest absolute Gasteiger partial charge is 0.478 e. The van der Waals surface area contributed by atoms with Gasteiger partial charge in [0.15, 0.2) is 0 Å². The number of sulfonamides is 1. The van der Waals surface area contributed by atoms with E-state index >= 15 is 0 Å². The summed E-state index contributed by atoms with van der Waals surface area (Å²) in [7, 11) is -4.20. The Balaban J connectivity index is 1.92. The number of carbonyl (C=O) groups is 2. The highest BCUT2D eigenvalue weighted by molar-refractivity contribution is 7.90. The van der Waals surface area contributed by atoms with Crippen LogP contribution in [0.25, 0.3) is 11.1 Å². The molecule has 10 heteroatoms. The van der Waals surface area contributed by atoms with Crippen LogP contribution in [0.15, 0.2) is 53.4 Å². The number of rotatable bonds is 9. The zero-order chi connectivity index (χ0) is 27.4. The van der Waals surface area contributed by atoms with Crippen molar-refractivity contribution in [2.24, 2.45) is 0 Å². The van der Waals surface area contributed by atoms with Crippen molar-refractivity contribution in [3.63, 3.8) is 0 Å². The first-order valence-corrected chi connectivity index (χ1v) is 13.6. The zero-order valence-electron chi connectivity index (χ0n) is 21.7. The summed E-state index contributed by atoms with van der Waals surface area (Å²) in [6.07, 6.45) is 0.655. The van der Waals surface area contributed by atoms with E-state index in [0.717, 1.165) is 12.0 Å². The Hall–Kier alpha value is -3.66. The van der Waals surface area contributed by atoms with Gasteiger partial charge in [-0.1, -0.05) is 56.3 Å². The quantitative estimate of drug-likeness (QED) is 0.400. The van der Waals surface area contributed by atoms with E-state index in [1.807, 2.05) is 30.7 Å². The number of hydrogen-bond acceptors (Lipinski definition) is 6. The summed E-state index contributed by atoms with van der Waals surface area (Å²) in [4.78, 5) is 24.0. The van der Waals surface area contributed by atoms with Gasteiger partial charge in [0.2, 0.25) is 0 Å². The molecule has 3 rings (SSSR count). The highest BCUT2D eigenvalue weighted by Gasteiger charge is 2.26. The fourth-order valence-corrected chi connectivity index (χ4v) is 5.13. The number of ether oxygens (including phenoxy) is 1. The summed E-state index contributed by atoms with van der Waals surface area (Å²) in [5.41, 5.74) is 2.50. The highest BCUT2D eigenvalue weighted by Crippen LogP contribution is 2.29. The molecule has 0 fully saturated rings. The number of benzene rings is 2. The molecule has 1 aromatic heterocycles. The van der Waals surface area contributed by atoms with E-state index in [2.05, 4.69) is 5.10 Å². The lowest BCUT2D eigenvalue weighted by molar-refractivity contribution is 0.0569. The van der Waals surface area contributed by atoms with Crippen LogP contribution in [0.4, 0.5) is 4.79 Å². The summed E-state index contributed by atoms with van der Waals surface area (Å²) < 4.78 is 34.8. The third kappa shape index (κ3) is 6.76. The van der Waals surface area contributed by atoms with Crippen molar-refractivity contribution >= 4 is 22.1 Å². The molecule has 2 N–H and O–H groups in total. The second kappa shape index (κ2) is 11.2. The molecular weight excluding hydrogens is 494 g/mol. The molecule has 0 aliphatic carbocycles. The van der Waals surface area contributed by atoms with Gasteiger partial charge in [0.05, 0.1) is 16.3 Å².